The van der Waals surface area contributed by atoms with E-state index in [0.717, 1.165) is 31.7 Å². The largest absolute Gasteiger partial charge is 0.467 e. The van der Waals surface area contributed by atoms with Crippen LogP contribution in [0.15, 0.2) is 22.8 Å². The van der Waals surface area contributed by atoms with Crippen LogP contribution >= 0.6 is 0 Å². The van der Waals surface area contributed by atoms with E-state index >= 15 is 0 Å². The van der Waals surface area contributed by atoms with Gasteiger partial charge in [0.15, 0.2) is 0 Å². The van der Waals surface area contributed by atoms with Crippen LogP contribution in [0.25, 0.3) is 0 Å². The highest BCUT2D eigenvalue weighted by Gasteiger charge is 2.20. The van der Waals surface area contributed by atoms with Gasteiger partial charge in [0.25, 0.3) is 0 Å². The number of rotatable bonds is 4. The third kappa shape index (κ3) is 3.58. The maximum atomic E-state index is 12.0. The van der Waals surface area contributed by atoms with E-state index in [1.807, 2.05) is 12.1 Å². The first-order valence-corrected chi connectivity index (χ1v) is 6.39. The Kier molecular flexibility index (Phi) is 4.38. The number of carbonyl (C=O) groups excluding carboxylic acids is 1. The highest BCUT2D eigenvalue weighted by molar-refractivity contribution is 5.77. The fourth-order valence-corrected chi connectivity index (χ4v) is 2.27. The zero-order chi connectivity index (χ0) is 13.0. The van der Waals surface area contributed by atoms with E-state index in [0.29, 0.717) is 13.1 Å². The molecule has 2 N–H and O–H groups in total. The van der Waals surface area contributed by atoms with Crippen molar-refractivity contribution in [3.63, 3.8) is 0 Å². The quantitative estimate of drug-likeness (QED) is 0.854. The van der Waals surface area contributed by atoms with Crippen molar-refractivity contribution < 1.29 is 9.21 Å². The van der Waals surface area contributed by atoms with Crippen molar-refractivity contribution in [1.29, 1.82) is 0 Å². The van der Waals surface area contributed by atoms with Gasteiger partial charge in [-0.1, -0.05) is 0 Å². The summed E-state index contributed by atoms with van der Waals surface area (Å²) in [6.45, 7) is 2.75. The molecule has 0 saturated carbocycles. The average Bonchev–Trinajstić information content (AvgIpc) is 2.81. The van der Waals surface area contributed by atoms with Crippen molar-refractivity contribution in [1.82, 2.24) is 9.80 Å². The van der Waals surface area contributed by atoms with Crippen molar-refractivity contribution in [3.05, 3.63) is 24.2 Å². The van der Waals surface area contributed by atoms with Crippen molar-refractivity contribution in [3.8, 4) is 0 Å². The van der Waals surface area contributed by atoms with E-state index in [-0.39, 0.29) is 11.9 Å². The summed E-state index contributed by atoms with van der Waals surface area (Å²) in [5.74, 6) is 0.918. The van der Waals surface area contributed by atoms with Crippen molar-refractivity contribution in [2.75, 3.05) is 26.7 Å². The zero-order valence-electron chi connectivity index (χ0n) is 10.8. The van der Waals surface area contributed by atoms with Crippen molar-refractivity contribution in [2.45, 2.75) is 25.4 Å². The van der Waals surface area contributed by atoms with Gasteiger partial charge >= 0.3 is 0 Å². The number of hydrogen-bond donors (Lipinski definition) is 1. The van der Waals surface area contributed by atoms with Gasteiger partial charge < -0.3 is 15.1 Å². The smallest absolute Gasteiger partial charge is 0.236 e. The van der Waals surface area contributed by atoms with Crippen LogP contribution in [-0.4, -0.2) is 48.4 Å². The molecule has 1 aromatic heterocycles. The highest BCUT2D eigenvalue weighted by Crippen LogP contribution is 2.09. The average molecular weight is 251 g/mol. The molecule has 0 radical (unpaired) electrons. The van der Waals surface area contributed by atoms with Crippen LogP contribution in [0, 0.1) is 0 Å². The number of piperidine rings is 1. The summed E-state index contributed by atoms with van der Waals surface area (Å²) in [6, 6.07) is 3.92. The molecule has 1 fully saturated rings. The third-order valence-electron chi connectivity index (χ3n) is 3.30. The lowest BCUT2D eigenvalue weighted by molar-refractivity contribution is -0.132. The number of nitrogens with two attached hydrogens (primary N) is 1. The monoisotopic (exact) mass is 251 g/mol. The topological polar surface area (TPSA) is 62.7 Å². The van der Waals surface area contributed by atoms with Crippen molar-refractivity contribution >= 4 is 5.91 Å². The van der Waals surface area contributed by atoms with Gasteiger partial charge in [-0.15, -0.1) is 0 Å². The van der Waals surface area contributed by atoms with Crippen LogP contribution in [0.5, 0.6) is 0 Å². The molecule has 100 valence electrons. The molecular weight excluding hydrogens is 230 g/mol. The maximum Gasteiger partial charge on any atom is 0.236 e. The molecule has 0 aliphatic carbocycles. The second-order valence-electron chi connectivity index (χ2n) is 4.97. The molecule has 0 spiro atoms. The Morgan fingerprint density at radius 3 is 3.17 bits per heavy atom. The van der Waals surface area contributed by atoms with E-state index in [1.165, 1.54) is 0 Å². The second kappa shape index (κ2) is 6.02. The van der Waals surface area contributed by atoms with Gasteiger partial charge in [0.1, 0.15) is 5.76 Å². The molecule has 2 rings (SSSR count). The normalized spacial score (nSPS) is 20.9. The summed E-state index contributed by atoms with van der Waals surface area (Å²) in [5, 5.41) is 0. The molecule has 0 aromatic carbocycles. The van der Waals surface area contributed by atoms with Gasteiger partial charge in [0, 0.05) is 19.6 Å². The van der Waals surface area contributed by atoms with Gasteiger partial charge in [0.2, 0.25) is 5.91 Å². The van der Waals surface area contributed by atoms with Crippen LogP contribution in [0.4, 0.5) is 0 Å². The lowest BCUT2D eigenvalue weighted by atomic mass is 10.1. The molecular formula is C13H21N3O2. The van der Waals surface area contributed by atoms with Gasteiger partial charge in [0.05, 0.1) is 19.4 Å². The van der Waals surface area contributed by atoms with Crippen LogP contribution in [-0.2, 0) is 11.3 Å². The lowest BCUT2D eigenvalue weighted by Crippen LogP contribution is -2.47. The number of likely N-dealkylation sites (N-methyl/N-ethyl adjacent to an activating group) is 1. The summed E-state index contributed by atoms with van der Waals surface area (Å²) in [6.07, 6.45) is 3.76. The summed E-state index contributed by atoms with van der Waals surface area (Å²) in [7, 11) is 1.80. The maximum absolute atomic E-state index is 12.0. The number of carbonyl (C=O) groups is 1. The highest BCUT2D eigenvalue weighted by atomic mass is 16.3. The van der Waals surface area contributed by atoms with E-state index in [9.17, 15) is 4.79 Å². The molecule has 1 aliphatic heterocycles. The molecule has 5 nitrogen and oxygen atoms in total. The standard InChI is InChI=1S/C13H21N3O2/c1-15(9-12-5-3-7-18-12)13(17)10-16-6-2-4-11(14)8-16/h3,5,7,11H,2,4,6,8-10,14H2,1H3/t11-/m1/s1. The van der Waals surface area contributed by atoms with Gasteiger partial charge in [-0.25, -0.2) is 0 Å². The van der Waals surface area contributed by atoms with Crippen LogP contribution < -0.4 is 5.73 Å². The molecule has 1 atom stereocenters. The number of amides is 1. The van der Waals surface area contributed by atoms with Gasteiger partial charge in [-0.05, 0) is 31.5 Å². The number of hydrogen-bond acceptors (Lipinski definition) is 4. The molecule has 1 saturated heterocycles. The summed E-state index contributed by atoms with van der Waals surface area (Å²) in [5.41, 5.74) is 5.91. The molecule has 1 aliphatic rings. The van der Waals surface area contributed by atoms with E-state index in [1.54, 1.807) is 18.2 Å². The Morgan fingerprint density at radius 2 is 2.50 bits per heavy atom. The first-order chi connectivity index (χ1) is 8.65. The lowest BCUT2D eigenvalue weighted by Gasteiger charge is -2.31. The minimum atomic E-state index is 0.112. The Morgan fingerprint density at radius 1 is 1.67 bits per heavy atom. The number of nitrogens with zero attached hydrogens (tertiary/aromatic N) is 2. The summed E-state index contributed by atoms with van der Waals surface area (Å²) in [4.78, 5) is 15.9. The van der Waals surface area contributed by atoms with Gasteiger partial charge in [-0.2, -0.15) is 0 Å². The van der Waals surface area contributed by atoms with E-state index < -0.39 is 0 Å². The summed E-state index contributed by atoms with van der Waals surface area (Å²) < 4.78 is 5.23. The summed E-state index contributed by atoms with van der Waals surface area (Å²) >= 11 is 0. The molecule has 2 heterocycles. The molecule has 1 amide bonds. The molecule has 5 heteroatoms. The Hall–Kier alpha value is -1.33. The number of furan rings is 1. The SMILES string of the molecule is CN(Cc1ccco1)C(=O)CN1CCC[C@@H](N)C1. The fourth-order valence-electron chi connectivity index (χ4n) is 2.27. The molecule has 0 bridgehead atoms. The first-order valence-electron chi connectivity index (χ1n) is 6.39. The minimum Gasteiger partial charge on any atom is -0.467 e. The van der Waals surface area contributed by atoms with Gasteiger partial charge in [-0.3, -0.25) is 9.69 Å². The Balaban J connectivity index is 1.79. The predicted molar refractivity (Wildman–Crippen MR) is 68.8 cm³/mol. The fraction of sp³-hybridized carbons (Fsp3) is 0.615. The predicted octanol–water partition coefficient (Wildman–Crippen LogP) is 0.661. The third-order valence-corrected chi connectivity index (χ3v) is 3.30. The first kappa shape index (κ1) is 13.1. The molecule has 18 heavy (non-hydrogen) atoms. The molecule has 1 aromatic rings. The Labute approximate surface area is 108 Å². The van der Waals surface area contributed by atoms with Crippen molar-refractivity contribution in [2.24, 2.45) is 5.73 Å². The zero-order valence-corrected chi connectivity index (χ0v) is 10.8. The number of likely N-dealkylation sites (tertiary alicyclic amines) is 1. The Bertz CT molecular complexity index is 378. The second-order valence-corrected chi connectivity index (χ2v) is 4.97. The minimum absolute atomic E-state index is 0.112. The van der Waals surface area contributed by atoms with Crippen LogP contribution in [0.3, 0.4) is 0 Å². The molecule has 0 unspecified atom stereocenters. The van der Waals surface area contributed by atoms with E-state index in [2.05, 4.69) is 4.90 Å². The van der Waals surface area contributed by atoms with Crippen LogP contribution in [0.2, 0.25) is 0 Å². The van der Waals surface area contributed by atoms with E-state index in [4.69, 9.17) is 10.2 Å². The van der Waals surface area contributed by atoms with Crippen LogP contribution in [0.1, 0.15) is 18.6 Å².